The SMILES string of the molecule is C=C(CCC(=O)OC)[C@@H]1CC[C@@](C)(O)[C@H]1C. The minimum absolute atomic E-state index is 0.196. The number of esters is 1. The predicted molar refractivity (Wildman–Crippen MR) is 62.9 cm³/mol. The molecule has 0 aliphatic heterocycles. The lowest BCUT2D eigenvalue weighted by atomic mass is 9.83. The molecule has 3 heteroatoms. The highest BCUT2D eigenvalue weighted by Crippen LogP contribution is 2.43. The first-order valence-corrected chi connectivity index (χ1v) is 5.85. The molecule has 16 heavy (non-hydrogen) atoms. The quantitative estimate of drug-likeness (QED) is 0.591. The lowest BCUT2D eigenvalue weighted by Gasteiger charge is -2.26. The number of carbonyl (C=O) groups excluding carboxylic acids is 1. The fourth-order valence-corrected chi connectivity index (χ4v) is 2.47. The molecule has 1 N–H and O–H groups in total. The van der Waals surface area contributed by atoms with Crippen LogP contribution in [0.1, 0.15) is 39.5 Å². The van der Waals surface area contributed by atoms with Crippen molar-refractivity contribution in [1.82, 2.24) is 0 Å². The molecule has 0 radical (unpaired) electrons. The Morgan fingerprint density at radius 2 is 2.19 bits per heavy atom. The van der Waals surface area contributed by atoms with Crippen LogP contribution >= 0.6 is 0 Å². The van der Waals surface area contributed by atoms with E-state index in [0.29, 0.717) is 18.8 Å². The Bertz CT molecular complexity index is 281. The molecule has 0 aromatic carbocycles. The number of aliphatic hydroxyl groups is 1. The summed E-state index contributed by atoms with van der Waals surface area (Å²) in [7, 11) is 1.40. The Labute approximate surface area is 97.5 Å². The second kappa shape index (κ2) is 5.00. The van der Waals surface area contributed by atoms with Crippen LogP contribution in [0.2, 0.25) is 0 Å². The van der Waals surface area contributed by atoms with Crippen molar-refractivity contribution < 1.29 is 14.6 Å². The lowest BCUT2D eigenvalue weighted by molar-refractivity contribution is -0.140. The molecule has 0 amide bonds. The van der Waals surface area contributed by atoms with Crippen LogP contribution in [0, 0.1) is 11.8 Å². The van der Waals surface area contributed by atoms with Gasteiger partial charge < -0.3 is 9.84 Å². The summed E-state index contributed by atoms with van der Waals surface area (Å²) in [5.74, 6) is 0.357. The Hall–Kier alpha value is -0.830. The number of methoxy groups -OCH3 is 1. The van der Waals surface area contributed by atoms with E-state index in [1.165, 1.54) is 7.11 Å². The maximum absolute atomic E-state index is 11.0. The number of allylic oxidation sites excluding steroid dienone is 1. The molecule has 3 atom stereocenters. The molecule has 0 aromatic heterocycles. The highest BCUT2D eigenvalue weighted by Gasteiger charge is 2.41. The Morgan fingerprint density at radius 1 is 1.56 bits per heavy atom. The monoisotopic (exact) mass is 226 g/mol. The summed E-state index contributed by atoms with van der Waals surface area (Å²) in [5, 5.41) is 10.1. The predicted octanol–water partition coefficient (Wildman–Crippen LogP) is 2.29. The average Bonchev–Trinajstić information content (AvgIpc) is 2.50. The molecular weight excluding hydrogens is 204 g/mol. The molecule has 0 saturated heterocycles. The first kappa shape index (κ1) is 13.2. The highest BCUT2D eigenvalue weighted by atomic mass is 16.5. The first-order valence-electron chi connectivity index (χ1n) is 5.85. The summed E-state index contributed by atoms with van der Waals surface area (Å²) < 4.78 is 4.60. The Morgan fingerprint density at radius 3 is 2.62 bits per heavy atom. The van der Waals surface area contributed by atoms with E-state index < -0.39 is 5.60 Å². The van der Waals surface area contributed by atoms with Crippen molar-refractivity contribution in [3.05, 3.63) is 12.2 Å². The average molecular weight is 226 g/mol. The summed E-state index contributed by atoms with van der Waals surface area (Å²) in [6.07, 6.45) is 2.84. The van der Waals surface area contributed by atoms with Crippen molar-refractivity contribution >= 4 is 5.97 Å². The molecule has 0 heterocycles. The normalized spacial score (nSPS) is 33.8. The summed E-state index contributed by atoms with van der Waals surface area (Å²) in [6.45, 7) is 7.98. The molecule has 1 aliphatic rings. The van der Waals surface area contributed by atoms with Crippen LogP contribution in [0.25, 0.3) is 0 Å². The maximum atomic E-state index is 11.0. The van der Waals surface area contributed by atoms with Gasteiger partial charge in [-0.15, -0.1) is 0 Å². The number of hydrogen-bond acceptors (Lipinski definition) is 3. The summed E-state index contributed by atoms with van der Waals surface area (Å²) >= 11 is 0. The van der Waals surface area contributed by atoms with E-state index in [1.54, 1.807) is 0 Å². The second-order valence-corrected chi connectivity index (χ2v) is 5.03. The third-order valence-electron chi connectivity index (χ3n) is 3.95. The molecule has 1 rings (SSSR count). The summed E-state index contributed by atoms with van der Waals surface area (Å²) in [5.41, 5.74) is 0.481. The highest BCUT2D eigenvalue weighted by molar-refractivity contribution is 5.69. The molecule has 0 spiro atoms. The van der Waals surface area contributed by atoms with Gasteiger partial charge in [0.1, 0.15) is 0 Å². The van der Waals surface area contributed by atoms with Crippen LogP contribution in [-0.4, -0.2) is 23.8 Å². The van der Waals surface area contributed by atoms with Crippen LogP contribution in [0.3, 0.4) is 0 Å². The van der Waals surface area contributed by atoms with Gasteiger partial charge in [0, 0.05) is 6.42 Å². The zero-order valence-electron chi connectivity index (χ0n) is 10.5. The van der Waals surface area contributed by atoms with Gasteiger partial charge in [0.25, 0.3) is 0 Å². The topological polar surface area (TPSA) is 46.5 Å². The van der Waals surface area contributed by atoms with Crippen LogP contribution in [0.15, 0.2) is 12.2 Å². The molecule has 0 aromatic rings. The van der Waals surface area contributed by atoms with Crippen molar-refractivity contribution in [2.45, 2.75) is 45.1 Å². The largest absolute Gasteiger partial charge is 0.469 e. The third-order valence-corrected chi connectivity index (χ3v) is 3.95. The fourth-order valence-electron chi connectivity index (χ4n) is 2.47. The van der Waals surface area contributed by atoms with Gasteiger partial charge in [0.05, 0.1) is 12.7 Å². The number of hydrogen-bond donors (Lipinski definition) is 1. The van der Waals surface area contributed by atoms with E-state index in [4.69, 9.17) is 0 Å². The fraction of sp³-hybridized carbons (Fsp3) is 0.769. The van der Waals surface area contributed by atoms with Crippen molar-refractivity contribution in [2.24, 2.45) is 11.8 Å². The maximum Gasteiger partial charge on any atom is 0.305 e. The molecule has 1 aliphatic carbocycles. The van der Waals surface area contributed by atoms with Gasteiger partial charge in [-0.3, -0.25) is 4.79 Å². The molecule has 92 valence electrons. The van der Waals surface area contributed by atoms with E-state index in [1.807, 2.05) is 6.92 Å². The number of carbonyl (C=O) groups is 1. The van der Waals surface area contributed by atoms with E-state index in [2.05, 4.69) is 18.2 Å². The van der Waals surface area contributed by atoms with Crippen molar-refractivity contribution in [3.8, 4) is 0 Å². The lowest BCUT2D eigenvalue weighted by Crippen LogP contribution is -2.29. The molecule has 3 nitrogen and oxygen atoms in total. The zero-order chi connectivity index (χ0) is 12.3. The van der Waals surface area contributed by atoms with Gasteiger partial charge in [-0.25, -0.2) is 0 Å². The Kier molecular flexibility index (Phi) is 4.14. The van der Waals surface area contributed by atoms with E-state index in [9.17, 15) is 9.90 Å². The van der Waals surface area contributed by atoms with E-state index in [-0.39, 0.29) is 11.9 Å². The zero-order valence-corrected chi connectivity index (χ0v) is 10.5. The smallest absolute Gasteiger partial charge is 0.305 e. The third kappa shape index (κ3) is 2.85. The Balaban J connectivity index is 2.47. The van der Waals surface area contributed by atoms with Crippen molar-refractivity contribution in [1.29, 1.82) is 0 Å². The van der Waals surface area contributed by atoms with Crippen LogP contribution in [0.4, 0.5) is 0 Å². The number of ether oxygens (including phenoxy) is 1. The van der Waals surface area contributed by atoms with E-state index in [0.717, 1.165) is 18.4 Å². The minimum Gasteiger partial charge on any atom is -0.469 e. The second-order valence-electron chi connectivity index (χ2n) is 5.03. The van der Waals surface area contributed by atoms with Gasteiger partial charge in [-0.05, 0) is 38.0 Å². The van der Waals surface area contributed by atoms with Crippen LogP contribution < -0.4 is 0 Å². The van der Waals surface area contributed by atoms with Gasteiger partial charge in [-0.2, -0.15) is 0 Å². The van der Waals surface area contributed by atoms with E-state index >= 15 is 0 Å². The summed E-state index contributed by atoms with van der Waals surface area (Å²) in [6, 6.07) is 0. The molecule has 0 bridgehead atoms. The minimum atomic E-state index is -0.584. The van der Waals surface area contributed by atoms with Crippen molar-refractivity contribution in [3.63, 3.8) is 0 Å². The molecule has 0 unspecified atom stereocenters. The first-order chi connectivity index (χ1) is 7.38. The molecule has 1 fully saturated rings. The van der Waals surface area contributed by atoms with Crippen LogP contribution in [0.5, 0.6) is 0 Å². The number of rotatable bonds is 4. The van der Waals surface area contributed by atoms with Gasteiger partial charge in [-0.1, -0.05) is 19.1 Å². The standard InChI is InChI=1S/C13H22O3/c1-9(5-6-12(14)16-4)11-7-8-13(3,15)10(11)2/h10-11,15H,1,5-8H2,2-4H3/t10-,11-,13+/m0/s1. The summed E-state index contributed by atoms with van der Waals surface area (Å²) in [4.78, 5) is 11.0. The van der Waals surface area contributed by atoms with Gasteiger partial charge >= 0.3 is 5.97 Å². The van der Waals surface area contributed by atoms with Gasteiger partial charge in [0.2, 0.25) is 0 Å². The molecular formula is C13H22O3. The van der Waals surface area contributed by atoms with Gasteiger partial charge in [0.15, 0.2) is 0 Å². The van der Waals surface area contributed by atoms with Crippen LogP contribution in [-0.2, 0) is 9.53 Å². The van der Waals surface area contributed by atoms with Crippen molar-refractivity contribution in [2.75, 3.05) is 7.11 Å². The molecule has 1 saturated carbocycles.